The minimum atomic E-state index is -0.806. The number of H-pyrrole nitrogens is 1. The molecule has 2 aliphatic carbocycles. The number of aromatic nitrogens is 1. The van der Waals surface area contributed by atoms with Crippen LogP contribution in [0.1, 0.15) is 50.5 Å². The number of fused-ring (bicyclic) bond motifs is 1. The van der Waals surface area contributed by atoms with Crippen molar-refractivity contribution in [3.05, 3.63) is 45.7 Å². The third-order valence-corrected chi connectivity index (χ3v) is 7.03. The summed E-state index contributed by atoms with van der Waals surface area (Å²) in [6.07, 6.45) is 9.14. The van der Waals surface area contributed by atoms with Crippen LogP contribution < -0.4 is 0 Å². The van der Waals surface area contributed by atoms with Gasteiger partial charge in [-0.15, -0.1) is 0 Å². The minimum absolute atomic E-state index is 0.0298. The van der Waals surface area contributed by atoms with E-state index >= 15 is 0 Å². The molecular formula is C22H27Cl2NO3. The fourth-order valence-electron chi connectivity index (χ4n) is 4.95. The number of hydrogen-bond acceptors (Lipinski definition) is 2. The Kier molecular flexibility index (Phi) is 6.41. The molecule has 0 amide bonds. The van der Waals surface area contributed by atoms with Crippen LogP contribution in [0.2, 0.25) is 10.2 Å². The Morgan fingerprint density at radius 1 is 1.32 bits per heavy atom. The molecule has 1 heterocycles. The quantitative estimate of drug-likeness (QED) is 0.433. The highest BCUT2D eigenvalue weighted by Gasteiger charge is 2.46. The number of aromatic amines is 1. The second kappa shape index (κ2) is 8.46. The van der Waals surface area contributed by atoms with Gasteiger partial charge in [-0.05, 0) is 50.0 Å². The predicted molar refractivity (Wildman–Crippen MR) is 112 cm³/mol. The molecule has 152 valence electrons. The molecule has 0 aromatic carbocycles. The number of carbonyl (C=O) groups is 2. The van der Waals surface area contributed by atoms with Crippen molar-refractivity contribution >= 4 is 35.0 Å². The molecule has 1 aromatic heterocycles. The number of carbonyl (C=O) groups excluding carboxylic acids is 1. The van der Waals surface area contributed by atoms with Gasteiger partial charge in [-0.1, -0.05) is 60.9 Å². The number of ketones is 1. The highest BCUT2D eigenvalue weighted by molar-refractivity contribution is 6.41. The van der Waals surface area contributed by atoms with Crippen LogP contribution in [0, 0.1) is 35.5 Å². The zero-order chi connectivity index (χ0) is 20.6. The number of carboxylic acids is 1. The van der Waals surface area contributed by atoms with E-state index in [1.807, 2.05) is 6.92 Å². The van der Waals surface area contributed by atoms with Gasteiger partial charge in [0.05, 0.1) is 16.6 Å². The van der Waals surface area contributed by atoms with E-state index in [0.29, 0.717) is 29.0 Å². The number of nitrogens with one attached hydrogen (secondary N) is 1. The van der Waals surface area contributed by atoms with E-state index in [1.165, 1.54) is 0 Å². The largest absolute Gasteiger partial charge is 0.481 e. The van der Waals surface area contributed by atoms with Crippen molar-refractivity contribution in [2.45, 2.75) is 40.0 Å². The first-order valence-corrected chi connectivity index (χ1v) is 10.6. The van der Waals surface area contributed by atoms with E-state index in [-0.39, 0.29) is 28.7 Å². The van der Waals surface area contributed by atoms with Crippen molar-refractivity contribution in [1.82, 2.24) is 4.98 Å². The summed E-state index contributed by atoms with van der Waals surface area (Å²) in [6.45, 7) is 5.87. The Hall–Kier alpha value is -1.52. The zero-order valence-electron chi connectivity index (χ0n) is 16.4. The second-order valence-electron chi connectivity index (χ2n) is 8.45. The number of allylic oxidation sites excluding steroid dienone is 4. The van der Waals surface area contributed by atoms with Crippen LogP contribution in [0.4, 0.5) is 0 Å². The van der Waals surface area contributed by atoms with E-state index in [9.17, 15) is 14.7 Å². The van der Waals surface area contributed by atoms with Crippen LogP contribution in [0.5, 0.6) is 0 Å². The summed E-state index contributed by atoms with van der Waals surface area (Å²) in [4.78, 5) is 27.6. The number of rotatable bonds is 6. The van der Waals surface area contributed by atoms with Crippen LogP contribution in [0.25, 0.3) is 0 Å². The maximum absolute atomic E-state index is 13.5. The molecule has 1 saturated carbocycles. The Labute approximate surface area is 176 Å². The van der Waals surface area contributed by atoms with E-state index in [4.69, 9.17) is 23.2 Å². The second-order valence-corrected chi connectivity index (χ2v) is 9.23. The fraction of sp³-hybridized carbons (Fsp3) is 0.545. The Morgan fingerprint density at radius 3 is 2.64 bits per heavy atom. The van der Waals surface area contributed by atoms with Gasteiger partial charge in [0.1, 0.15) is 5.15 Å². The first kappa shape index (κ1) is 21.2. The van der Waals surface area contributed by atoms with Crippen molar-refractivity contribution in [3.8, 4) is 0 Å². The van der Waals surface area contributed by atoms with Crippen molar-refractivity contribution in [2.24, 2.45) is 35.5 Å². The summed E-state index contributed by atoms with van der Waals surface area (Å²) < 4.78 is 0. The van der Waals surface area contributed by atoms with Crippen molar-refractivity contribution in [1.29, 1.82) is 0 Å². The van der Waals surface area contributed by atoms with Crippen LogP contribution in [-0.4, -0.2) is 21.8 Å². The van der Waals surface area contributed by atoms with Crippen LogP contribution in [-0.2, 0) is 4.79 Å². The van der Waals surface area contributed by atoms with E-state index in [1.54, 1.807) is 13.0 Å². The molecule has 2 aliphatic rings. The molecule has 1 unspecified atom stereocenters. The molecule has 2 N–H and O–H groups in total. The van der Waals surface area contributed by atoms with Gasteiger partial charge in [0.25, 0.3) is 0 Å². The maximum atomic E-state index is 13.5. The summed E-state index contributed by atoms with van der Waals surface area (Å²) in [5, 5.41) is 9.82. The zero-order valence-corrected chi connectivity index (χ0v) is 17.9. The summed E-state index contributed by atoms with van der Waals surface area (Å²) in [7, 11) is 0. The minimum Gasteiger partial charge on any atom is -0.481 e. The Morgan fingerprint density at radius 2 is 2.04 bits per heavy atom. The van der Waals surface area contributed by atoms with Gasteiger partial charge in [0.2, 0.25) is 0 Å². The molecule has 0 aliphatic heterocycles. The molecule has 6 heteroatoms. The summed E-state index contributed by atoms with van der Waals surface area (Å²) >= 11 is 12.1. The molecule has 0 bridgehead atoms. The molecule has 1 aromatic rings. The molecule has 0 saturated heterocycles. The number of hydrogen-bond donors (Lipinski definition) is 2. The molecular weight excluding hydrogens is 397 g/mol. The monoisotopic (exact) mass is 423 g/mol. The molecule has 3 rings (SSSR count). The topological polar surface area (TPSA) is 70.2 Å². The average Bonchev–Trinajstić information content (AvgIpc) is 3.17. The Bertz CT molecular complexity index is 806. The molecule has 0 spiro atoms. The predicted octanol–water partition coefficient (Wildman–Crippen LogP) is 6.03. The first-order chi connectivity index (χ1) is 13.2. The van der Waals surface area contributed by atoms with Crippen molar-refractivity contribution in [3.63, 3.8) is 0 Å². The number of halogens is 2. The lowest BCUT2D eigenvalue weighted by Gasteiger charge is -2.36. The molecule has 1 fully saturated rings. The summed E-state index contributed by atoms with van der Waals surface area (Å²) in [5.41, 5.74) is 1.44. The smallest absolute Gasteiger partial charge is 0.306 e. The first-order valence-electron chi connectivity index (χ1n) is 9.85. The van der Waals surface area contributed by atoms with Gasteiger partial charge in [-0.2, -0.15) is 0 Å². The summed E-state index contributed by atoms with van der Waals surface area (Å²) in [5.74, 6) is -0.348. The van der Waals surface area contributed by atoms with E-state index in [0.717, 1.165) is 18.4 Å². The van der Waals surface area contributed by atoms with Crippen LogP contribution >= 0.6 is 23.2 Å². The van der Waals surface area contributed by atoms with Gasteiger partial charge in [-0.25, -0.2) is 0 Å². The van der Waals surface area contributed by atoms with Gasteiger partial charge in [0.15, 0.2) is 5.78 Å². The van der Waals surface area contributed by atoms with Crippen LogP contribution in [0.3, 0.4) is 0 Å². The summed E-state index contributed by atoms with van der Waals surface area (Å²) in [6, 6.07) is 1.61. The van der Waals surface area contributed by atoms with Gasteiger partial charge in [0, 0.05) is 11.8 Å². The van der Waals surface area contributed by atoms with E-state index < -0.39 is 11.9 Å². The third-order valence-electron chi connectivity index (χ3n) is 6.34. The molecule has 28 heavy (non-hydrogen) atoms. The lowest BCUT2D eigenvalue weighted by molar-refractivity contribution is -0.141. The lowest BCUT2D eigenvalue weighted by atomic mass is 9.66. The van der Waals surface area contributed by atoms with Gasteiger partial charge >= 0.3 is 5.97 Å². The number of Topliss-reactive ketones (excluding diaryl/α,β-unsaturated/α-hetero) is 1. The number of carboxylic acid groups (broad SMARTS) is 1. The molecule has 0 radical (unpaired) electrons. The normalized spacial score (nSPS) is 30.9. The molecule has 6 atom stereocenters. The fourth-order valence-corrected chi connectivity index (χ4v) is 5.26. The standard InChI is InChI=1S/C22H27Cl2NO3/c1-11(8-13(3)22(27)28)9-15-7-6-14-5-4-12(2)18(14)19(15)20(26)17-10-16(23)21(24)25-17/h6-7,9-10,12-15,18-19,25H,4-5,8H2,1-3H3,(H,27,28)/b11-9+/t12-,13+,14-,15-,18+,19?/m0/s1. The maximum Gasteiger partial charge on any atom is 0.306 e. The molecule has 4 nitrogen and oxygen atoms in total. The van der Waals surface area contributed by atoms with Crippen molar-refractivity contribution < 1.29 is 14.7 Å². The highest BCUT2D eigenvalue weighted by Crippen LogP contribution is 2.49. The van der Waals surface area contributed by atoms with E-state index in [2.05, 4.69) is 30.1 Å². The van der Waals surface area contributed by atoms with Crippen molar-refractivity contribution in [2.75, 3.05) is 0 Å². The third kappa shape index (κ3) is 4.23. The highest BCUT2D eigenvalue weighted by atomic mass is 35.5. The lowest BCUT2D eigenvalue weighted by Crippen LogP contribution is -2.37. The van der Waals surface area contributed by atoms with Gasteiger partial charge < -0.3 is 10.1 Å². The SMILES string of the molecule is C/C(=C\[C@@H]1C=C[C@@H]2CC[C@H](C)[C@H]2C1C(=O)c1cc(Cl)c(Cl)[nH]1)C[C@@H](C)C(=O)O. The van der Waals surface area contributed by atoms with Gasteiger partial charge in [-0.3, -0.25) is 9.59 Å². The number of aliphatic carboxylic acids is 1. The Balaban J connectivity index is 1.93. The van der Waals surface area contributed by atoms with Crippen LogP contribution in [0.15, 0.2) is 29.9 Å². The average molecular weight is 424 g/mol.